The van der Waals surface area contributed by atoms with Gasteiger partial charge in [0.15, 0.2) is 0 Å². The number of H-pyrrole nitrogens is 1. The van der Waals surface area contributed by atoms with Crippen LogP contribution in [0.3, 0.4) is 0 Å². The molecule has 0 atom stereocenters. The molecule has 0 saturated heterocycles. The zero-order valence-corrected chi connectivity index (χ0v) is 10.1. The first-order valence-corrected chi connectivity index (χ1v) is 5.13. The highest BCUT2D eigenvalue weighted by atomic mass is 35.5. The molecule has 16 heavy (non-hydrogen) atoms. The van der Waals surface area contributed by atoms with Crippen LogP contribution in [0, 0.1) is 0 Å². The Labute approximate surface area is 105 Å². The summed E-state index contributed by atoms with van der Waals surface area (Å²) in [6.07, 6.45) is 0. The number of halogens is 3. The highest BCUT2D eigenvalue weighted by Gasteiger charge is 1.94. The van der Waals surface area contributed by atoms with Crippen molar-refractivity contribution in [3.63, 3.8) is 0 Å². The summed E-state index contributed by atoms with van der Waals surface area (Å²) in [7, 11) is 0. The Morgan fingerprint density at radius 2 is 2.06 bits per heavy atom. The second-order valence-electron chi connectivity index (χ2n) is 2.19. The van der Waals surface area contributed by atoms with Crippen molar-refractivity contribution in [1.29, 1.82) is 0 Å². The zero-order chi connectivity index (χ0) is 12.6. The third-order valence-electron chi connectivity index (χ3n) is 0.988. The summed E-state index contributed by atoms with van der Waals surface area (Å²) in [5, 5.41) is 2.10. The Morgan fingerprint density at radius 3 is 2.38 bits per heavy atom. The number of carbonyl (C=O) groups excluding carboxylic acids is 1. The molecule has 0 aliphatic heterocycles. The number of nitrogens with zero attached hydrogens (tertiary/aromatic N) is 2. The largest absolute Gasteiger partial charge is 0.352 e. The second-order valence-corrected chi connectivity index (χ2v) is 3.27. The van der Waals surface area contributed by atoms with E-state index >= 15 is 0 Å². The van der Waals surface area contributed by atoms with Crippen molar-refractivity contribution >= 4 is 40.8 Å². The van der Waals surface area contributed by atoms with Crippen molar-refractivity contribution in [3.8, 4) is 0 Å². The van der Waals surface area contributed by atoms with Crippen LogP contribution in [0.2, 0.25) is 10.6 Å². The van der Waals surface area contributed by atoms with E-state index in [1.807, 2.05) is 0 Å². The van der Waals surface area contributed by atoms with Gasteiger partial charge in [-0.1, -0.05) is 0 Å². The maximum Gasteiger partial charge on any atom is 0.350 e. The smallest absolute Gasteiger partial charge is 0.350 e. The number of primary amides is 1. The van der Waals surface area contributed by atoms with Gasteiger partial charge in [-0.25, -0.2) is 9.59 Å². The highest BCUT2D eigenvalue weighted by Crippen LogP contribution is 1.98. The Hall–Kier alpha value is -1.05. The molecule has 0 aliphatic carbocycles. The van der Waals surface area contributed by atoms with E-state index in [-0.39, 0.29) is 10.6 Å². The molecule has 1 aromatic rings. The molecular formula is C6H8Cl3N5O2. The van der Waals surface area contributed by atoms with Gasteiger partial charge in [0.2, 0.25) is 10.6 Å². The fourth-order valence-electron chi connectivity index (χ4n) is 0.504. The lowest BCUT2D eigenvalue weighted by Crippen LogP contribution is -2.30. The van der Waals surface area contributed by atoms with E-state index in [1.165, 1.54) is 0 Å². The molecule has 0 saturated carbocycles. The Balaban J connectivity index is 0.000000293. The van der Waals surface area contributed by atoms with Crippen LogP contribution in [0.25, 0.3) is 0 Å². The Bertz CT molecular complexity index is 373. The van der Waals surface area contributed by atoms with Gasteiger partial charge in [-0.2, -0.15) is 9.97 Å². The van der Waals surface area contributed by atoms with Crippen LogP contribution < -0.4 is 16.7 Å². The average molecular weight is 289 g/mol. The number of alkyl halides is 1. The highest BCUT2D eigenvalue weighted by molar-refractivity contribution is 6.30. The molecule has 2 amide bonds. The van der Waals surface area contributed by atoms with Crippen LogP contribution in [0.1, 0.15) is 0 Å². The molecular weight excluding hydrogens is 280 g/mol. The predicted molar refractivity (Wildman–Crippen MR) is 61.0 cm³/mol. The van der Waals surface area contributed by atoms with E-state index in [0.717, 1.165) is 0 Å². The summed E-state index contributed by atoms with van der Waals surface area (Å²) in [6, 6.07) is -0.527. The van der Waals surface area contributed by atoms with Crippen LogP contribution in [0.15, 0.2) is 4.79 Å². The normalized spacial score (nSPS) is 8.94. The molecule has 0 unspecified atom stereocenters. The van der Waals surface area contributed by atoms with E-state index in [0.29, 0.717) is 12.4 Å². The van der Waals surface area contributed by atoms with Crippen LogP contribution in [-0.4, -0.2) is 33.4 Å². The molecule has 4 N–H and O–H groups in total. The zero-order valence-electron chi connectivity index (χ0n) is 7.84. The predicted octanol–water partition coefficient (Wildman–Crippen LogP) is 0.365. The number of hydrogen-bond donors (Lipinski definition) is 3. The second kappa shape index (κ2) is 8.14. The lowest BCUT2D eigenvalue weighted by atomic mass is 10.7. The molecule has 7 nitrogen and oxygen atoms in total. The molecule has 1 aromatic heterocycles. The van der Waals surface area contributed by atoms with Crippen LogP contribution in [0.4, 0.5) is 4.79 Å². The summed E-state index contributed by atoms with van der Waals surface area (Å²) in [6.45, 7) is 0.441. The van der Waals surface area contributed by atoms with Gasteiger partial charge in [-0.15, -0.1) is 11.6 Å². The molecule has 0 aliphatic rings. The molecule has 0 spiro atoms. The summed E-state index contributed by atoms with van der Waals surface area (Å²) in [5.41, 5.74) is 4.07. The number of rotatable bonds is 2. The van der Waals surface area contributed by atoms with Gasteiger partial charge >= 0.3 is 11.7 Å². The Kier molecular flexibility index (Phi) is 7.61. The van der Waals surface area contributed by atoms with Gasteiger partial charge in [0.25, 0.3) is 0 Å². The summed E-state index contributed by atoms with van der Waals surface area (Å²) in [5.74, 6) is 0.406. The summed E-state index contributed by atoms with van der Waals surface area (Å²) in [4.78, 5) is 28.9. The van der Waals surface area contributed by atoms with Crippen LogP contribution >= 0.6 is 34.8 Å². The van der Waals surface area contributed by atoms with Gasteiger partial charge in [0.1, 0.15) is 0 Å². The van der Waals surface area contributed by atoms with E-state index in [1.54, 1.807) is 0 Å². The number of urea groups is 1. The maximum absolute atomic E-state index is 10.3. The molecule has 1 heterocycles. The molecule has 0 fully saturated rings. The van der Waals surface area contributed by atoms with Crippen LogP contribution in [-0.2, 0) is 0 Å². The van der Waals surface area contributed by atoms with Crippen molar-refractivity contribution in [2.75, 3.05) is 12.4 Å². The standard InChI is InChI=1S/C3HCl2N3O.C3H7ClN2O/c4-1-6-2(5)8-3(9)7-1;4-1-2-6-3(5)7/h(H,6,7,8,9);1-2H2,(H3,5,6,7). The minimum atomic E-state index is -0.597. The van der Waals surface area contributed by atoms with E-state index in [4.69, 9.17) is 34.8 Å². The summed E-state index contributed by atoms with van der Waals surface area (Å²) < 4.78 is 0. The fourth-order valence-corrected chi connectivity index (χ4v) is 0.964. The number of amides is 2. The SMILES string of the molecule is NC(=O)NCCCl.O=c1nc(Cl)nc(Cl)[nH]1. The minimum absolute atomic E-state index is 0.0556. The topological polar surface area (TPSA) is 114 Å². The lowest BCUT2D eigenvalue weighted by Gasteiger charge is -1.92. The third kappa shape index (κ3) is 8.27. The van der Waals surface area contributed by atoms with E-state index in [2.05, 4.69) is 26.0 Å². The first-order chi connectivity index (χ1) is 7.45. The van der Waals surface area contributed by atoms with Crippen molar-refractivity contribution in [3.05, 3.63) is 21.1 Å². The van der Waals surface area contributed by atoms with Gasteiger partial charge in [-0.05, 0) is 23.2 Å². The molecule has 10 heteroatoms. The Morgan fingerprint density at radius 1 is 1.44 bits per heavy atom. The lowest BCUT2D eigenvalue weighted by molar-refractivity contribution is 0.249. The number of nitrogens with two attached hydrogens (primary N) is 1. The quantitative estimate of drug-likeness (QED) is 0.682. The third-order valence-corrected chi connectivity index (χ3v) is 1.53. The summed E-state index contributed by atoms with van der Waals surface area (Å²) >= 11 is 15.7. The first kappa shape index (κ1) is 14.9. The fraction of sp³-hybridized carbons (Fsp3) is 0.333. The monoisotopic (exact) mass is 287 g/mol. The number of nitrogens with one attached hydrogen (secondary N) is 2. The minimum Gasteiger partial charge on any atom is -0.352 e. The van der Waals surface area contributed by atoms with Gasteiger partial charge in [0.05, 0.1) is 0 Å². The van der Waals surface area contributed by atoms with Crippen molar-refractivity contribution < 1.29 is 4.79 Å². The first-order valence-electron chi connectivity index (χ1n) is 3.84. The van der Waals surface area contributed by atoms with Gasteiger partial charge < -0.3 is 11.1 Å². The van der Waals surface area contributed by atoms with E-state index in [9.17, 15) is 9.59 Å². The van der Waals surface area contributed by atoms with E-state index < -0.39 is 11.7 Å². The van der Waals surface area contributed by atoms with Gasteiger partial charge in [0, 0.05) is 12.4 Å². The molecule has 0 bridgehead atoms. The molecule has 90 valence electrons. The maximum atomic E-state index is 10.3. The number of aromatic nitrogens is 3. The van der Waals surface area contributed by atoms with Crippen molar-refractivity contribution in [1.82, 2.24) is 20.3 Å². The number of carbonyl (C=O) groups is 1. The number of hydrogen-bond acceptors (Lipinski definition) is 4. The van der Waals surface area contributed by atoms with Crippen molar-refractivity contribution in [2.24, 2.45) is 5.73 Å². The molecule has 1 rings (SSSR count). The van der Waals surface area contributed by atoms with Gasteiger partial charge in [-0.3, -0.25) is 4.98 Å². The van der Waals surface area contributed by atoms with Crippen LogP contribution in [0.5, 0.6) is 0 Å². The number of aromatic amines is 1. The average Bonchev–Trinajstić information content (AvgIpc) is 2.13. The molecule has 0 radical (unpaired) electrons. The molecule has 0 aromatic carbocycles. The van der Waals surface area contributed by atoms with Crippen molar-refractivity contribution in [2.45, 2.75) is 0 Å².